The van der Waals surface area contributed by atoms with Gasteiger partial charge in [-0.15, -0.1) is 11.8 Å². The maximum atomic E-state index is 14.0. The molecule has 1 fully saturated rings. The number of nitrogens with one attached hydrogen (secondary N) is 1. The fourth-order valence-corrected chi connectivity index (χ4v) is 4.88. The lowest BCUT2D eigenvalue weighted by molar-refractivity contribution is -0.116. The van der Waals surface area contributed by atoms with Crippen molar-refractivity contribution in [1.29, 1.82) is 0 Å². The van der Waals surface area contributed by atoms with E-state index in [4.69, 9.17) is 0 Å². The molecule has 6 heteroatoms. The van der Waals surface area contributed by atoms with Gasteiger partial charge in [0.1, 0.15) is 11.2 Å². The van der Waals surface area contributed by atoms with Gasteiger partial charge >= 0.3 is 0 Å². The van der Waals surface area contributed by atoms with Crippen molar-refractivity contribution in [3.63, 3.8) is 0 Å². The van der Waals surface area contributed by atoms with Gasteiger partial charge in [0, 0.05) is 17.8 Å². The van der Waals surface area contributed by atoms with Gasteiger partial charge in [0.05, 0.1) is 5.75 Å². The van der Waals surface area contributed by atoms with Crippen LogP contribution in [0.4, 0.5) is 15.8 Å². The molecule has 0 aromatic heterocycles. The van der Waals surface area contributed by atoms with Gasteiger partial charge in [-0.3, -0.25) is 14.5 Å². The Morgan fingerprint density at radius 2 is 1.81 bits per heavy atom. The smallest absolute Gasteiger partial charge is 0.238 e. The van der Waals surface area contributed by atoms with Crippen LogP contribution in [-0.4, -0.2) is 17.6 Å². The summed E-state index contributed by atoms with van der Waals surface area (Å²) in [6.45, 7) is 3.90. The molecule has 1 atom stereocenters. The van der Waals surface area contributed by atoms with E-state index in [2.05, 4.69) is 12.2 Å². The van der Waals surface area contributed by atoms with E-state index in [9.17, 15) is 14.0 Å². The lowest BCUT2D eigenvalue weighted by Gasteiger charge is -2.25. The van der Waals surface area contributed by atoms with Crippen LogP contribution in [0.1, 0.15) is 68.4 Å². The van der Waals surface area contributed by atoms with Crippen LogP contribution in [0.2, 0.25) is 0 Å². The summed E-state index contributed by atoms with van der Waals surface area (Å²) in [5.74, 6) is 0.0426. The monoisotopic (exact) mass is 442 g/mol. The molecule has 0 bridgehead atoms. The van der Waals surface area contributed by atoms with Crippen LogP contribution in [0.5, 0.6) is 0 Å². The highest BCUT2D eigenvalue weighted by Crippen LogP contribution is 2.42. The second-order valence-electron chi connectivity index (χ2n) is 8.05. The molecule has 2 aromatic carbocycles. The predicted molar refractivity (Wildman–Crippen MR) is 127 cm³/mol. The average molecular weight is 443 g/mol. The number of amides is 2. The first kappa shape index (κ1) is 23.3. The average Bonchev–Trinajstić information content (AvgIpc) is 3.14. The normalized spacial score (nSPS) is 16.0. The van der Waals surface area contributed by atoms with Gasteiger partial charge < -0.3 is 5.32 Å². The van der Waals surface area contributed by atoms with E-state index in [1.807, 2.05) is 24.3 Å². The topological polar surface area (TPSA) is 49.4 Å². The molecule has 0 saturated carbocycles. The number of unbranched alkanes of at least 4 members (excludes halogenated alkanes) is 5. The van der Waals surface area contributed by atoms with Crippen LogP contribution in [0.3, 0.4) is 0 Å². The van der Waals surface area contributed by atoms with Gasteiger partial charge in [0.2, 0.25) is 11.8 Å². The van der Waals surface area contributed by atoms with E-state index in [0.29, 0.717) is 23.4 Å². The summed E-state index contributed by atoms with van der Waals surface area (Å²) in [7, 11) is 0. The number of hydrogen-bond donors (Lipinski definition) is 1. The van der Waals surface area contributed by atoms with Gasteiger partial charge in [-0.2, -0.15) is 0 Å². The van der Waals surface area contributed by atoms with Gasteiger partial charge in [-0.05, 0) is 48.7 Å². The number of benzene rings is 2. The molecule has 3 rings (SSSR count). The van der Waals surface area contributed by atoms with Gasteiger partial charge in [-0.1, -0.05) is 57.2 Å². The molecule has 2 amide bonds. The number of hydrogen-bond acceptors (Lipinski definition) is 3. The number of thioether (sulfide) groups is 1. The van der Waals surface area contributed by atoms with Crippen molar-refractivity contribution in [2.45, 2.75) is 64.2 Å². The Labute approximate surface area is 188 Å². The van der Waals surface area contributed by atoms with Crippen LogP contribution >= 0.6 is 11.8 Å². The summed E-state index contributed by atoms with van der Waals surface area (Å²) in [6.07, 6.45) is 7.46. The van der Waals surface area contributed by atoms with Crippen molar-refractivity contribution in [2.75, 3.05) is 16.0 Å². The Bertz CT molecular complexity index is 901. The maximum absolute atomic E-state index is 14.0. The minimum atomic E-state index is -0.315. The summed E-state index contributed by atoms with van der Waals surface area (Å²) in [6, 6.07) is 12.5. The molecule has 1 aliphatic rings. The third-order valence-corrected chi connectivity index (χ3v) is 6.75. The molecule has 2 aromatic rings. The number of aryl methyl sites for hydroxylation is 1. The number of rotatable bonds is 10. The van der Waals surface area contributed by atoms with E-state index in [0.717, 1.165) is 24.1 Å². The third-order valence-electron chi connectivity index (χ3n) is 5.54. The standard InChI is InChI=1S/C25H31FN2O2S/c1-3-4-5-6-7-8-9-23(29)27-20-13-11-19(12-14-20)25-28(24(30)17-31-25)21-15-10-18(2)22(26)16-21/h10-16,25H,3-9,17H2,1-2H3,(H,27,29)/t25-/m1/s1. The minimum absolute atomic E-state index is 0.0328. The first-order valence-corrected chi connectivity index (χ1v) is 12.1. The van der Waals surface area contributed by atoms with Crippen LogP contribution in [0, 0.1) is 12.7 Å². The Kier molecular flexibility index (Phi) is 8.52. The number of nitrogens with zero attached hydrogens (tertiary/aromatic N) is 1. The van der Waals surface area contributed by atoms with E-state index in [1.54, 1.807) is 24.0 Å². The summed E-state index contributed by atoms with van der Waals surface area (Å²) < 4.78 is 14.0. The molecule has 4 nitrogen and oxygen atoms in total. The van der Waals surface area contributed by atoms with Crippen molar-refractivity contribution in [1.82, 2.24) is 0 Å². The highest BCUT2D eigenvalue weighted by atomic mass is 32.2. The van der Waals surface area contributed by atoms with Gasteiger partial charge in [0.25, 0.3) is 0 Å². The molecule has 0 radical (unpaired) electrons. The zero-order chi connectivity index (χ0) is 22.2. The molecule has 1 aliphatic heterocycles. The third kappa shape index (κ3) is 6.33. The first-order valence-electron chi connectivity index (χ1n) is 11.1. The van der Waals surface area contributed by atoms with Gasteiger partial charge in [-0.25, -0.2) is 4.39 Å². The maximum Gasteiger partial charge on any atom is 0.238 e. The second kappa shape index (κ2) is 11.3. The molecular formula is C25H31FN2O2S. The highest BCUT2D eigenvalue weighted by Gasteiger charge is 2.34. The van der Waals surface area contributed by atoms with Crippen molar-refractivity contribution < 1.29 is 14.0 Å². The fraction of sp³-hybridized carbons (Fsp3) is 0.440. The van der Waals surface area contributed by atoms with Crippen molar-refractivity contribution in [3.8, 4) is 0 Å². The summed E-state index contributed by atoms with van der Waals surface area (Å²) in [5.41, 5.74) is 2.83. The molecular weight excluding hydrogens is 411 g/mol. The van der Waals surface area contributed by atoms with Crippen LogP contribution < -0.4 is 10.2 Å². The fourth-order valence-electron chi connectivity index (χ4n) is 3.70. The zero-order valence-electron chi connectivity index (χ0n) is 18.3. The molecule has 0 spiro atoms. The summed E-state index contributed by atoms with van der Waals surface area (Å²) in [5, 5.41) is 2.75. The lowest BCUT2D eigenvalue weighted by atomic mass is 10.1. The van der Waals surface area contributed by atoms with E-state index in [-0.39, 0.29) is 23.0 Å². The predicted octanol–water partition coefficient (Wildman–Crippen LogP) is 6.60. The largest absolute Gasteiger partial charge is 0.326 e. The van der Waals surface area contributed by atoms with Crippen molar-refractivity contribution in [3.05, 3.63) is 59.4 Å². The number of anilines is 2. The summed E-state index contributed by atoms with van der Waals surface area (Å²) in [4.78, 5) is 26.3. The number of carbonyl (C=O) groups is 2. The van der Waals surface area contributed by atoms with Crippen LogP contribution in [0.25, 0.3) is 0 Å². The molecule has 1 heterocycles. The Morgan fingerprint density at radius 1 is 1.10 bits per heavy atom. The SMILES string of the molecule is CCCCCCCCC(=O)Nc1ccc([C@H]2SCC(=O)N2c2ccc(C)c(F)c2)cc1. The number of carbonyl (C=O) groups excluding carboxylic acids is 2. The second-order valence-corrected chi connectivity index (χ2v) is 9.12. The van der Waals surface area contributed by atoms with Crippen LogP contribution in [0.15, 0.2) is 42.5 Å². The molecule has 1 saturated heterocycles. The molecule has 0 aliphatic carbocycles. The molecule has 0 unspecified atom stereocenters. The Hall–Kier alpha value is -2.34. The van der Waals surface area contributed by atoms with E-state index in [1.165, 1.54) is 43.5 Å². The molecule has 31 heavy (non-hydrogen) atoms. The molecule has 166 valence electrons. The van der Waals surface area contributed by atoms with Crippen molar-refractivity contribution in [2.24, 2.45) is 0 Å². The van der Waals surface area contributed by atoms with Crippen LogP contribution in [-0.2, 0) is 9.59 Å². The van der Waals surface area contributed by atoms with Crippen molar-refractivity contribution >= 4 is 35.0 Å². The van der Waals surface area contributed by atoms with E-state index >= 15 is 0 Å². The summed E-state index contributed by atoms with van der Waals surface area (Å²) >= 11 is 1.52. The lowest BCUT2D eigenvalue weighted by Crippen LogP contribution is -2.28. The minimum Gasteiger partial charge on any atom is -0.326 e. The molecule has 1 N–H and O–H groups in total. The quantitative estimate of drug-likeness (QED) is 0.422. The Morgan fingerprint density at radius 3 is 2.52 bits per heavy atom. The first-order chi connectivity index (χ1) is 15.0. The Balaban J connectivity index is 1.58. The zero-order valence-corrected chi connectivity index (χ0v) is 19.1. The van der Waals surface area contributed by atoms with E-state index < -0.39 is 0 Å². The van der Waals surface area contributed by atoms with Gasteiger partial charge in [0.15, 0.2) is 0 Å². The highest BCUT2D eigenvalue weighted by molar-refractivity contribution is 8.00. The number of halogens is 1.